The molecule has 0 heterocycles. The number of rotatable bonds is 8. The Labute approximate surface area is 158 Å². The van der Waals surface area contributed by atoms with Gasteiger partial charge in [-0.05, 0) is 29.8 Å². The molecule has 2 aromatic carbocycles. The zero-order chi connectivity index (χ0) is 19.8. The summed E-state index contributed by atoms with van der Waals surface area (Å²) in [5, 5.41) is 2.81. The third-order valence-corrected chi connectivity index (χ3v) is 3.98. The van der Waals surface area contributed by atoms with Crippen molar-refractivity contribution in [1.82, 2.24) is 5.32 Å². The Kier molecular flexibility index (Phi) is 7.05. The molecule has 0 unspecified atom stereocenters. The number of nitrogens with one attached hydrogen (secondary N) is 1. The van der Waals surface area contributed by atoms with Crippen molar-refractivity contribution in [3.63, 3.8) is 0 Å². The van der Waals surface area contributed by atoms with E-state index in [0.29, 0.717) is 29.5 Å². The molecule has 2 amide bonds. The van der Waals surface area contributed by atoms with Crippen molar-refractivity contribution in [2.24, 2.45) is 0 Å². The van der Waals surface area contributed by atoms with Crippen LogP contribution in [0.3, 0.4) is 0 Å². The van der Waals surface area contributed by atoms with E-state index < -0.39 is 0 Å². The Morgan fingerprint density at radius 3 is 2.33 bits per heavy atom. The van der Waals surface area contributed by atoms with E-state index in [1.807, 2.05) is 6.07 Å². The van der Waals surface area contributed by atoms with Crippen LogP contribution in [0.5, 0.6) is 17.2 Å². The Morgan fingerprint density at radius 1 is 0.963 bits per heavy atom. The Hall–Kier alpha value is -3.22. The van der Waals surface area contributed by atoms with E-state index in [1.54, 1.807) is 57.7 Å². The third-order valence-electron chi connectivity index (χ3n) is 3.98. The minimum Gasteiger partial charge on any atom is -0.497 e. The van der Waals surface area contributed by atoms with Gasteiger partial charge in [-0.25, -0.2) is 0 Å². The van der Waals surface area contributed by atoms with Crippen LogP contribution in [0, 0.1) is 0 Å². The summed E-state index contributed by atoms with van der Waals surface area (Å²) in [4.78, 5) is 25.7. The predicted molar refractivity (Wildman–Crippen MR) is 102 cm³/mol. The summed E-state index contributed by atoms with van der Waals surface area (Å²) in [6.45, 7) is 1.64. The second kappa shape index (κ2) is 9.47. The summed E-state index contributed by atoms with van der Waals surface area (Å²) in [6.07, 6.45) is 0. The van der Waals surface area contributed by atoms with Gasteiger partial charge in [0.2, 0.25) is 11.8 Å². The molecule has 0 aliphatic rings. The number of carbonyl (C=O) groups excluding carboxylic acids is 2. The molecule has 0 saturated heterocycles. The van der Waals surface area contributed by atoms with Gasteiger partial charge in [0.25, 0.3) is 0 Å². The molecule has 0 fully saturated rings. The summed E-state index contributed by atoms with van der Waals surface area (Å²) in [6, 6.07) is 12.4. The van der Waals surface area contributed by atoms with Gasteiger partial charge in [0.15, 0.2) is 11.5 Å². The van der Waals surface area contributed by atoms with Crippen molar-refractivity contribution >= 4 is 17.5 Å². The minimum atomic E-state index is -0.275. The van der Waals surface area contributed by atoms with Crippen molar-refractivity contribution in [3.8, 4) is 17.2 Å². The summed E-state index contributed by atoms with van der Waals surface area (Å²) < 4.78 is 15.6. The van der Waals surface area contributed by atoms with E-state index in [2.05, 4.69) is 5.32 Å². The molecule has 0 aliphatic carbocycles. The quantitative estimate of drug-likeness (QED) is 0.770. The lowest BCUT2D eigenvalue weighted by Gasteiger charge is -2.21. The number of hydrogen-bond acceptors (Lipinski definition) is 5. The van der Waals surface area contributed by atoms with Crippen LogP contribution in [-0.4, -0.2) is 39.7 Å². The lowest BCUT2D eigenvalue weighted by Crippen LogP contribution is -2.39. The molecule has 0 radical (unpaired) electrons. The number of benzene rings is 2. The summed E-state index contributed by atoms with van der Waals surface area (Å²) >= 11 is 0. The van der Waals surface area contributed by atoms with Crippen LogP contribution >= 0.6 is 0 Å². The molecule has 1 N–H and O–H groups in total. The molecular formula is C20H24N2O5. The zero-order valence-electron chi connectivity index (χ0n) is 15.9. The molecule has 0 aliphatic heterocycles. The van der Waals surface area contributed by atoms with Crippen molar-refractivity contribution < 1.29 is 23.8 Å². The van der Waals surface area contributed by atoms with Crippen molar-refractivity contribution in [2.45, 2.75) is 13.5 Å². The molecule has 7 nitrogen and oxygen atoms in total. The lowest BCUT2D eigenvalue weighted by molar-refractivity contribution is -0.123. The maximum Gasteiger partial charge on any atom is 0.240 e. The molecule has 0 atom stereocenters. The molecule has 0 saturated carbocycles. The first-order chi connectivity index (χ1) is 13.0. The second-order valence-electron chi connectivity index (χ2n) is 5.77. The summed E-state index contributed by atoms with van der Waals surface area (Å²) in [5.74, 6) is 1.32. The Balaban J connectivity index is 2.03. The number of ether oxygens (including phenoxy) is 3. The smallest absolute Gasteiger partial charge is 0.240 e. The van der Waals surface area contributed by atoms with Gasteiger partial charge in [-0.1, -0.05) is 12.1 Å². The van der Waals surface area contributed by atoms with Crippen LogP contribution < -0.4 is 24.4 Å². The highest BCUT2D eigenvalue weighted by atomic mass is 16.5. The van der Waals surface area contributed by atoms with E-state index >= 15 is 0 Å². The molecule has 2 rings (SSSR count). The second-order valence-corrected chi connectivity index (χ2v) is 5.77. The van der Waals surface area contributed by atoms with Gasteiger partial charge in [0.05, 0.1) is 21.3 Å². The maximum absolute atomic E-state index is 12.3. The highest BCUT2D eigenvalue weighted by molar-refractivity contribution is 5.97. The van der Waals surface area contributed by atoms with Gasteiger partial charge >= 0.3 is 0 Å². The first kappa shape index (κ1) is 20.1. The highest BCUT2D eigenvalue weighted by Crippen LogP contribution is 2.27. The van der Waals surface area contributed by atoms with E-state index in [4.69, 9.17) is 14.2 Å². The lowest BCUT2D eigenvalue weighted by atomic mass is 10.2. The Bertz CT molecular complexity index is 807. The van der Waals surface area contributed by atoms with E-state index in [0.717, 1.165) is 5.56 Å². The normalized spacial score (nSPS) is 10.1. The topological polar surface area (TPSA) is 77.1 Å². The molecular weight excluding hydrogens is 348 g/mol. The number of methoxy groups -OCH3 is 3. The largest absolute Gasteiger partial charge is 0.497 e. The molecule has 27 heavy (non-hydrogen) atoms. The summed E-state index contributed by atoms with van der Waals surface area (Å²) in [7, 11) is 4.67. The fourth-order valence-corrected chi connectivity index (χ4v) is 2.55. The Morgan fingerprint density at radius 2 is 1.70 bits per heavy atom. The van der Waals surface area contributed by atoms with Crippen LogP contribution in [0.1, 0.15) is 12.5 Å². The van der Waals surface area contributed by atoms with E-state index in [1.165, 1.54) is 11.8 Å². The average Bonchev–Trinajstić information content (AvgIpc) is 2.69. The van der Waals surface area contributed by atoms with Crippen LogP contribution in [0.15, 0.2) is 42.5 Å². The van der Waals surface area contributed by atoms with Crippen LogP contribution in [0.2, 0.25) is 0 Å². The molecule has 0 bridgehead atoms. The van der Waals surface area contributed by atoms with Gasteiger partial charge < -0.3 is 24.4 Å². The van der Waals surface area contributed by atoms with Crippen LogP contribution in [0.4, 0.5) is 5.69 Å². The van der Waals surface area contributed by atoms with Gasteiger partial charge in [-0.15, -0.1) is 0 Å². The monoisotopic (exact) mass is 372 g/mol. The fourth-order valence-electron chi connectivity index (χ4n) is 2.55. The third kappa shape index (κ3) is 5.37. The number of amides is 2. The van der Waals surface area contributed by atoms with E-state index in [-0.39, 0.29) is 18.4 Å². The fraction of sp³-hybridized carbons (Fsp3) is 0.300. The van der Waals surface area contributed by atoms with Gasteiger partial charge in [0.1, 0.15) is 12.3 Å². The van der Waals surface area contributed by atoms with Gasteiger partial charge in [-0.3, -0.25) is 9.59 Å². The number of hydrogen-bond donors (Lipinski definition) is 1. The first-order valence-electron chi connectivity index (χ1n) is 8.38. The molecule has 0 spiro atoms. The number of carbonyl (C=O) groups is 2. The number of nitrogens with zero attached hydrogens (tertiary/aromatic N) is 1. The van der Waals surface area contributed by atoms with Crippen molar-refractivity contribution in [3.05, 3.63) is 48.0 Å². The maximum atomic E-state index is 12.3. The minimum absolute atomic E-state index is 0.0875. The first-order valence-corrected chi connectivity index (χ1v) is 8.38. The highest BCUT2D eigenvalue weighted by Gasteiger charge is 2.16. The van der Waals surface area contributed by atoms with Gasteiger partial charge in [0, 0.05) is 25.2 Å². The average molecular weight is 372 g/mol. The molecule has 2 aromatic rings. The number of anilines is 1. The van der Waals surface area contributed by atoms with Crippen LogP contribution in [0.25, 0.3) is 0 Å². The summed E-state index contributed by atoms with van der Waals surface area (Å²) in [5.41, 5.74) is 1.46. The van der Waals surface area contributed by atoms with E-state index in [9.17, 15) is 9.59 Å². The standard InChI is InChI=1S/C20H24N2O5/c1-14(23)22(16-6-5-7-17(11-16)25-2)13-20(24)21-12-15-8-9-18(26-3)19(10-15)27-4/h5-11H,12-13H2,1-4H3,(H,21,24). The SMILES string of the molecule is COc1cccc(N(CC(=O)NCc2ccc(OC)c(OC)c2)C(C)=O)c1. The van der Waals surface area contributed by atoms with Crippen molar-refractivity contribution in [2.75, 3.05) is 32.8 Å². The van der Waals surface area contributed by atoms with Gasteiger partial charge in [-0.2, -0.15) is 0 Å². The van der Waals surface area contributed by atoms with Crippen LogP contribution in [-0.2, 0) is 16.1 Å². The molecule has 0 aromatic heterocycles. The predicted octanol–water partition coefficient (Wildman–Crippen LogP) is 2.38. The molecule has 7 heteroatoms. The zero-order valence-corrected chi connectivity index (χ0v) is 15.9. The molecule has 144 valence electrons. The van der Waals surface area contributed by atoms with Crippen molar-refractivity contribution in [1.29, 1.82) is 0 Å².